The summed E-state index contributed by atoms with van der Waals surface area (Å²) in [6.45, 7) is 2.16. The summed E-state index contributed by atoms with van der Waals surface area (Å²) in [7, 11) is 0. The number of alkyl halides is 3. The highest BCUT2D eigenvalue weighted by molar-refractivity contribution is 6.33. The summed E-state index contributed by atoms with van der Waals surface area (Å²) in [5.41, 5.74) is 0.406. The molecule has 30 heavy (non-hydrogen) atoms. The first-order valence-electron chi connectivity index (χ1n) is 8.94. The number of benzene rings is 1. The monoisotopic (exact) mass is 437 g/mol. The lowest BCUT2D eigenvalue weighted by molar-refractivity contribution is -0.137. The Labute approximate surface area is 174 Å². The van der Waals surface area contributed by atoms with Crippen LogP contribution >= 0.6 is 11.6 Å². The van der Waals surface area contributed by atoms with E-state index in [1.165, 1.54) is 4.90 Å². The molecular formula is C20H15ClF3N3O3. The van der Waals surface area contributed by atoms with Gasteiger partial charge in [-0.05, 0) is 19.1 Å². The van der Waals surface area contributed by atoms with Crippen LogP contribution in [0.2, 0.25) is 5.02 Å². The normalized spacial score (nSPS) is 14.5. The summed E-state index contributed by atoms with van der Waals surface area (Å²) in [5, 5.41) is 4.43. The molecule has 1 aromatic carbocycles. The van der Waals surface area contributed by atoms with Crippen molar-refractivity contribution in [2.75, 3.05) is 13.1 Å². The number of carbonyl (C=O) groups excluding carboxylic acids is 1. The SMILES string of the molecule is Cc1onc(-c2ccccc2Cl)c1C(=O)N1CC(Oc2ccc(C(F)(F)F)cn2)C1. The van der Waals surface area contributed by atoms with Crippen molar-refractivity contribution in [2.24, 2.45) is 0 Å². The molecule has 0 N–H and O–H groups in total. The number of pyridine rings is 1. The third-order valence-electron chi connectivity index (χ3n) is 4.69. The van der Waals surface area contributed by atoms with E-state index in [0.29, 0.717) is 33.8 Å². The molecule has 2 aromatic heterocycles. The molecule has 0 bridgehead atoms. The fourth-order valence-corrected chi connectivity index (χ4v) is 3.31. The fraction of sp³-hybridized carbons (Fsp3) is 0.250. The summed E-state index contributed by atoms with van der Waals surface area (Å²) in [4.78, 5) is 18.2. The number of aromatic nitrogens is 2. The zero-order chi connectivity index (χ0) is 21.5. The number of amides is 1. The van der Waals surface area contributed by atoms with Crippen LogP contribution in [0.25, 0.3) is 11.3 Å². The molecule has 0 atom stereocenters. The summed E-state index contributed by atoms with van der Waals surface area (Å²) >= 11 is 6.22. The third kappa shape index (κ3) is 3.85. The Balaban J connectivity index is 1.43. The summed E-state index contributed by atoms with van der Waals surface area (Å²) in [5.74, 6) is 0.144. The first-order chi connectivity index (χ1) is 14.2. The zero-order valence-corrected chi connectivity index (χ0v) is 16.4. The van der Waals surface area contributed by atoms with E-state index in [2.05, 4.69) is 10.1 Å². The second kappa shape index (κ2) is 7.64. The van der Waals surface area contributed by atoms with Gasteiger partial charge in [-0.3, -0.25) is 4.79 Å². The zero-order valence-electron chi connectivity index (χ0n) is 15.6. The number of carbonyl (C=O) groups is 1. The molecule has 3 heterocycles. The lowest BCUT2D eigenvalue weighted by Gasteiger charge is -2.38. The van der Waals surface area contributed by atoms with Gasteiger partial charge in [-0.25, -0.2) is 4.98 Å². The average molecular weight is 438 g/mol. The van der Waals surface area contributed by atoms with Crippen LogP contribution in [0, 0.1) is 6.92 Å². The van der Waals surface area contributed by atoms with Crippen molar-refractivity contribution in [1.29, 1.82) is 0 Å². The van der Waals surface area contributed by atoms with Crippen LogP contribution in [-0.4, -0.2) is 40.1 Å². The van der Waals surface area contributed by atoms with E-state index >= 15 is 0 Å². The van der Waals surface area contributed by atoms with E-state index in [1.807, 2.05) is 0 Å². The van der Waals surface area contributed by atoms with Crippen molar-refractivity contribution in [3.05, 3.63) is 64.5 Å². The van der Waals surface area contributed by atoms with Crippen LogP contribution in [0.5, 0.6) is 5.88 Å². The third-order valence-corrected chi connectivity index (χ3v) is 5.02. The second-order valence-electron chi connectivity index (χ2n) is 6.78. The van der Waals surface area contributed by atoms with Crippen molar-refractivity contribution >= 4 is 17.5 Å². The minimum absolute atomic E-state index is 0.0676. The number of hydrogen-bond donors (Lipinski definition) is 0. The predicted octanol–water partition coefficient (Wildman–Crippen LogP) is 4.62. The van der Waals surface area contributed by atoms with Gasteiger partial charge in [0.2, 0.25) is 5.88 Å². The van der Waals surface area contributed by atoms with Gasteiger partial charge < -0.3 is 14.2 Å². The van der Waals surface area contributed by atoms with Crippen LogP contribution in [0.4, 0.5) is 13.2 Å². The average Bonchev–Trinajstić information content (AvgIpc) is 3.05. The van der Waals surface area contributed by atoms with E-state index in [0.717, 1.165) is 12.1 Å². The highest BCUT2D eigenvalue weighted by atomic mass is 35.5. The summed E-state index contributed by atoms with van der Waals surface area (Å²) in [6.07, 6.45) is -4.11. The fourth-order valence-electron chi connectivity index (χ4n) is 3.09. The van der Waals surface area contributed by atoms with Crippen molar-refractivity contribution in [3.63, 3.8) is 0 Å². The van der Waals surface area contributed by atoms with Gasteiger partial charge in [0.05, 0.1) is 23.7 Å². The highest BCUT2D eigenvalue weighted by Crippen LogP contribution is 2.33. The van der Waals surface area contributed by atoms with E-state index in [-0.39, 0.29) is 31.0 Å². The largest absolute Gasteiger partial charge is 0.471 e. The van der Waals surface area contributed by atoms with Crippen LogP contribution in [-0.2, 0) is 6.18 Å². The first-order valence-corrected chi connectivity index (χ1v) is 9.32. The van der Waals surface area contributed by atoms with Crippen molar-refractivity contribution in [2.45, 2.75) is 19.2 Å². The molecule has 3 aromatic rings. The quantitative estimate of drug-likeness (QED) is 0.595. The Morgan fingerprint density at radius 2 is 1.97 bits per heavy atom. The number of aryl methyl sites for hydroxylation is 1. The molecule has 10 heteroatoms. The Morgan fingerprint density at radius 1 is 1.23 bits per heavy atom. The molecule has 156 valence electrons. The Bertz CT molecular complexity index is 1080. The molecule has 0 unspecified atom stereocenters. The predicted molar refractivity (Wildman–Crippen MR) is 101 cm³/mol. The highest BCUT2D eigenvalue weighted by Gasteiger charge is 2.37. The van der Waals surface area contributed by atoms with Crippen molar-refractivity contribution < 1.29 is 27.2 Å². The molecule has 1 aliphatic heterocycles. The molecule has 1 amide bonds. The Morgan fingerprint density at radius 3 is 2.60 bits per heavy atom. The number of likely N-dealkylation sites (tertiary alicyclic amines) is 1. The van der Waals surface area contributed by atoms with Gasteiger partial charge in [0.1, 0.15) is 23.1 Å². The maximum absolute atomic E-state index is 13.0. The van der Waals surface area contributed by atoms with E-state index in [9.17, 15) is 18.0 Å². The smallest absolute Gasteiger partial charge is 0.417 e. The number of hydrogen-bond acceptors (Lipinski definition) is 5. The number of ether oxygens (including phenoxy) is 1. The molecule has 0 aliphatic carbocycles. The van der Waals surface area contributed by atoms with Gasteiger partial charge in [-0.2, -0.15) is 13.2 Å². The van der Waals surface area contributed by atoms with E-state index in [4.69, 9.17) is 20.9 Å². The van der Waals surface area contributed by atoms with Crippen LogP contribution in [0.3, 0.4) is 0 Å². The number of rotatable bonds is 4. The van der Waals surface area contributed by atoms with Crippen molar-refractivity contribution in [1.82, 2.24) is 15.0 Å². The molecule has 1 fully saturated rings. The van der Waals surface area contributed by atoms with Gasteiger partial charge in [-0.1, -0.05) is 35.0 Å². The Kier molecular flexibility index (Phi) is 5.15. The summed E-state index contributed by atoms with van der Waals surface area (Å²) < 4.78 is 48.6. The number of nitrogens with zero attached hydrogens (tertiary/aromatic N) is 3. The lowest BCUT2D eigenvalue weighted by Crippen LogP contribution is -2.56. The first kappa shape index (κ1) is 20.2. The molecular weight excluding hydrogens is 423 g/mol. The molecule has 4 rings (SSSR count). The topological polar surface area (TPSA) is 68.5 Å². The van der Waals surface area contributed by atoms with Gasteiger partial charge in [0.15, 0.2) is 0 Å². The molecule has 1 saturated heterocycles. The van der Waals surface area contributed by atoms with Gasteiger partial charge in [0, 0.05) is 17.8 Å². The van der Waals surface area contributed by atoms with Crippen LogP contribution in [0.15, 0.2) is 47.1 Å². The standard InChI is InChI=1S/C20H15ClF3N3O3/c1-11-17(18(26-30-11)14-4-2-3-5-15(14)21)19(28)27-9-13(10-27)29-16-7-6-12(8-25-16)20(22,23)24/h2-8,13H,9-10H2,1H3. The van der Waals surface area contributed by atoms with E-state index < -0.39 is 11.7 Å². The second-order valence-corrected chi connectivity index (χ2v) is 7.18. The van der Waals surface area contributed by atoms with Crippen LogP contribution in [0.1, 0.15) is 21.7 Å². The number of halogens is 4. The van der Waals surface area contributed by atoms with E-state index in [1.54, 1.807) is 31.2 Å². The van der Waals surface area contributed by atoms with Gasteiger partial charge >= 0.3 is 6.18 Å². The molecule has 0 spiro atoms. The lowest BCUT2D eigenvalue weighted by atomic mass is 10.0. The Hall–Kier alpha value is -3.07. The maximum atomic E-state index is 13.0. The maximum Gasteiger partial charge on any atom is 0.417 e. The van der Waals surface area contributed by atoms with Gasteiger partial charge in [0.25, 0.3) is 5.91 Å². The molecule has 6 nitrogen and oxygen atoms in total. The van der Waals surface area contributed by atoms with Crippen LogP contribution < -0.4 is 4.74 Å². The summed E-state index contributed by atoms with van der Waals surface area (Å²) in [6, 6.07) is 9.05. The molecule has 0 saturated carbocycles. The minimum atomic E-state index is -4.46. The minimum Gasteiger partial charge on any atom is -0.471 e. The molecule has 0 radical (unpaired) electrons. The molecule has 1 aliphatic rings. The van der Waals surface area contributed by atoms with Gasteiger partial charge in [-0.15, -0.1) is 0 Å². The van der Waals surface area contributed by atoms with Crippen molar-refractivity contribution in [3.8, 4) is 17.1 Å².